The van der Waals surface area contributed by atoms with E-state index in [9.17, 15) is 4.79 Å². The van der Waals surface area contributed by atoms with Crippen LogP contribution in [-0.4, -0.2) is 34.9 Å². The maximum Gasteiger partial charge on any atom is 0.238 e. The summed E-state index contributed by atoms with van der Waals surface area (Å²) in [5.41, 5.74) is 2.52. The van der Waals surface area contributed by atoms with Gasteiger partial charge >= 0.3 is 0 Å². The zero-order valence-corrected chi connectivity index (χ0v) is 14.2. The lowest BCUT2D eigenvalue weighted by Crippen LogP contribution is -2.39. The van der Waals surface area contributed by atoms with Crippen LogP contribution in [0.15, 0.2) is 24.3 Å². The summed E-state index contributed by atoms with van der Waals surface area (Å²) in [7, 11) is 0. The number of rotatable bonds is 6. The highest BCUT2D eigenvalue weighted by Gasteiger charge is 2.34. The second kappa shape index (κ2) is 7.32. The van der Waals surface area contributed by atoms with Crippen LogP contribution in [0, 0.1) is 0 Å². The molecule has 0 bridgehead atoms. The van der Waals surface area contributed by atoms with Crippen LogP contribution in [0.25, 0.3) is 0 Å². The standard InChI is InChI=1S/C17H26N2OS/c1-5-21-11-13(4)19-16(20)10-18-17(19)15-8-6-14(7-9-15)12(2)3/h6-9,12-13,17-18H,5,10-11H2,1-4H3. The Labute approximate surface area is 132 Å². The number of nitrogens with one attached hydrogen (secondary N) is 1. The molecule has 4 heteroatoms. The van der Waals surface area contributed by atoms with Crippen molar-refractivity contribution in [1.82, 2.24) is 10.2 Å². The fraction of sp³-hybridized carbons (Fsp3) is 0.588. The maximum atomic E-state index is 12.2. The van der Waals surface area contributed by atoms with E-state index in [1.807, 2.05) is 16.7 Å². The van der Waals surface area contributed by atoms with E-state index in [-0.39, 0.29) is 18.1 Å². The SMILES string of the molecule is CCSCC(C)N1C(=O)CNC1c1ccc(C(C)C)cc1. The first kappa shape index (κ1) is 16.4. The number of amides is 1. The highest BCUT2D eigenvalue weighted by Crippen LogP contribution is 2.27. The van der Waals surface area contributed by atoms with Crippen molar-refractivity contribution in [3.8, 4) is 0 Å². The van der Waals surface area contributed by atoms with Crippen LogP contribution in [0.2, 0.25) is 0 Å². The molecule has 1 aromatic carbocycles. The van der Waals surface area contributed by atoms with Crippen molar-refractivity contribution in [2.24, 2.45) is 0 Å². The molecule has 2 unspecified atom stereocenters. The molecule has 0 radical (unpaired) electrons. The summed E-state index contributed by atoms with van der Waals surface area (Å²) in [4.78, 5) is 14.2. The Morgan fingerprint density at radius 3 is 2.52 bits per heavy atom. The molecule has 1 N–H and O–H groups in total. The number of hydrogen-bond donors (Lipinski definition) is 1. The van der Waals surface area contributed by atoms with Crippen LogP contribution in [0.4, 0.5) is 0 Å². The van der Waals surface area contributed by atoms with Gasteiger partial charge in [0.2, 0.25) is 5.91 Å². The van der Waals surface area contributed by atoms with Crippen molar-refractivity contribution >= 4 is 17.7 Å². The van der Waals surface area contributed by atoms with Crippen molar-refractivity contribution in [1.29, 1.82) is 0 Å². The Morgan fingerprint density at radius 2 is 1.95 bits per heavy atom. The normalized spacial score (nSPS) is 20.3. The molecule has 116 valence electrons. The van der Waals surface area contributed by atoms with Gasteiger partial charge in [0.05, 0.1) is 6.54 Å². The quantitative estimate of drug-likeness (QED) is 0.874. The predicted molar refractivity (Wildman–Crippen MR) is 90.6 cm³/mol. The van der Waals surface area contributed by atoms with Crippen molar-refractivity contribution in [3.05, 3.63) is 35.4 Å². The van der Waals surface area contributed by atoms with Crippen molar-refractivity contribution in [3.63, 3.8) is 0 Å². The molecular weight excluding hydrogens is 280 g/mol. The molecule has 0 aliphatic carbocycles. The number of carbonyl (C=O) groups excluding carboxylic acids is 1. The Bertz CT molecular complexity index is 472. The largest absolute Gasteiger partial charge is 0.318 e. The molecule has 0 spiro atoms. The minimum Gasteiger partial charge on any atom is -0.318 e. The highest BCUT2D eigenvalue weighted by molar-refractivity contribution is 7.99. The van der Waals surface area contributed by atoms with Gasteiger partial charge in [-0.15, -0.1) is 0 Å². The molecule has 1 aromatic rings. The smallest absolute Gasteiger partial charge is 0.238 e. The zero-order valence-electron chi connectivity index (χ0n) is 13.4. The zero-order chi connectivity index (χ0) is 15.4. The van der Waals surface area contributed by atoms with E-state index in [4.69, 9.17) is 0 Å². The summed E-state index contributed by atoms with van der Waals surface area (Å²) in [6.45, 7) is 9.13. The van der Waals surface area contributed by atoms with Gasteiger partial charge in [-0.25, -0.2) is 0 Å². The Balaban J connectivity index is 2.15. The molecule has 0 aromatic heterocycles. The number of hydrogen-bond acceptors (Lipinski definition) is 3. The number of benzene rings is 1. The van der Waals surface area contributed by atoms with Crippen molar-refractivity contribution in [2.75, 3.05) is 18.1 Å². The lowest BCUT2D eigenvalue weighted by Gasteiger charge is -2.30. The number of nitrogens with zero attached hydrogens (tertiary/aromatic N) is 1. The summed E-state index contributed by atoms with van der Waals surface area (Å²) in [6.07, 6.45) is 0.0196. The molecule has 1 aliphatic heterocycles. The Kier molecular flexibility index (Phi) is 5.71. The fourth-order valence-electron chi connectivity index (χ4n) is 2.73. The van der Waals surface area contributed by atoms with Gasteiger partial charge in [0, 0.05) is 11.8 Å². The summed E-state index contributed by atoms with van der Waals surface area (Å²) in [5, 5.41) is 3.35. The lowest BCUT2D eigenvalue weighted by atomic mass is 10.0. The second-order valence-corrected chi connectivity index (χ2v) is 7.23. The monoisotopic (exact) mass is 306 g/mol. The third-order valence-corrected chi connectivity index (χ3v) is 5.10. The van der Waals surface area contributed by atoms with Crippen LogP contribution < -0.4 is 5.32 Å². The second-order valence-electron chi connectivity index (χ2n) is 5.91. The highest BCUT2D eigenvalue weighted by atomic mass is 32.2. The first-order valence-corrected chi connectivity index (χ1v) is 8.92. The number of carbonyl (C=O) groups is 1. The molecule has 1 amide bonds. The maximum absolute atomic E-state index is 12.2. The molecule has 21 heavy (non-hydrogen) atoms. The third kappa shape index (κ3) is 3.80. The number of thioether (sulfide) groups is 1. The molecular formula is C17H26N2OS. The molecule has 2 atom stereocenters. The van der Waals surface area contributed by atoms with Gasteiger partial charge < -0.3 is 4.90 Å². The van der Waals surface area contributed by atoms with Crippen LogP contribution >= 0.6 is 11.8 Å². The molecule has 0 saturated carbocycles. The molecule has 3 nitrogen and oxygen atoms in total. The van der Waals surface area contributed by atoms with Gasteiger partial charge in [0.15, 0.2) is 0 Å². The van der Waals surface area contributed by atoms with Gasteiger partial charge in [-0.2, -0.15) is 11.8 Å². The topological polar surface area (TPSA) is 32.3 Å². The molecule has 1 aliphatic rings. The average molecular weight is 306 g/mol. The van der Waals surface area contributed by atoms with Crippen LogP contribution in [0.1, 0.15) is 50.9 Å². The summed E-state index contributed by atoms with van der Waals surface area (Å²) >= 11 is 1.89. The van der Waals surface area contributed by atoms with E-state index in [0.29, 0.717) is 12.5 Å². The van der Waals surface area contributed by atoms with Crippen molar-refractivity contribution in [2.45, 2.75) is 45.8 Å². The Hall–Kier alpha value is -1.00. The summed E-state index contributed by atoms with van der Waals surface area (Å²) < 4.78 is 0. The van der Waals surface area contributed by atoms with Crippen LogP contribution in [0.3, 0.4) is 0 Å². The third-order valence-electron chi connectivity index (χ3n) is 3.97. The molecule has 2 rings (SSSR count). The Morgan fingerprint density at radius 1 is 1.29 bits per heavy atom. The van der Waals surface area contributed by atoms with E-state index < -0.39 is 0 Å². The van der Waals surface area contributed by atoms with E-state index >= 15 is 0 Å². The van der Waals surface area contributed by atoms with Gasteiger partial charge in [0.1, 0.15) is 6.17 Å². The van der Waals surface area contributed by atoms with E-state index in [0.717, 1.165) is 11.5 Å². The minimum absolute atomic E-state index is 0.0196. The van der Waals surface area contributed by atoms with Gasteiger partial charge in [-0.1, -0.05) is 45.0 Å². The first-order valence-electron chi connectivity index (χ1n) is 7.76. The predicted octanol–water partition coefficient (Wildman–Crippen LogP) is 3.38. The first-order chi connectivity index (χ1) is 10.0. The van der Waals surface area contributed by atoms with Crippen LogP contribution in [-0.2, 0) is 4.79 Å². The van der Waals surface area contributed by atoms with E-state index in [1.54, 1.807) is 0 Å². The summed E-state index contributed by atoms with van der Waals surface area (Å²) in [6, 6.07) is 8.91. The van der Waals surface area contributed by atoms with E-state index in [2.05, 4.69) is 57.3 Å². The van der Waals surface area contributed by atoms with Crippen molar-refractivity contribution < 1.29 is 4.79 Å². The van der Waals surface area contributed by atoms with Gasteiger partial charge in [-0.05, 0) is 29.7 Å². The molecule has 1 heterocycles. The van der Waals surface area contributed by atoms with E-state index in [1.165, 1.54) is 11.1 Å². The lowest BCUT2D eigenvalue weighted by molar-refractivity contribution is -0.129. The summed E-state index contributed by atoms with van der Waals surface area (Å²) in [5.74, 6) is 2.82. The molecule has 1 saturated heterocycles. The van der Waals surface area contributed by atoms with Gasteiger partial charge in [-0.3, -0.25) is 10.1 Å². The fourth-order valence-corrected chi connectivity index (χ4v) is 3.47. The van der Waals surface area contributed by atoms with Gasteiger partial charge in [0.25, 0.3) is 0 Å². The molecule has 1 fully saturated rings. The van der Waals surface area contributed by atoms with Crippen LogP contribution in [0.5, 0.6) is 0 Å². The average Bonchev–Trinajstić information content (AvgIpc) is 2.86. The minimum atomic E-state index is 0.0196.